The first-order chi connectivity index (χ1) is 14.5. The van der Waals surface area contributed by atoms with Gasteiger partial charge < -0.3 is 28.6 Å². The molecule has 0 radical (unpaired) electrons. The molecule has 6 heteroatoms. The maximum Gasteiger partial charge on any atom is 0.203 e. The fourth-order valence-electron chi connectivity index (χ4n) is 4.01. The SMILES string of the molecule is C=C(c1cc(OC)c(OC)c(OC)c1)n1ccc2cc(N3CCN(C)CC3)ccc21. The zero-order valence-electron chi connectivity index (χ0n) is 18.1. The quantitative estimate of drug-likeness (QED) is 0.619. The molecule has 6 nitrogen and oxygen atoms in total. The van der Waals surface area contributed by atoms with Crippen LogP contribution in [0.25, 0.3) is 16.6 Å². The van der Waals surface area contributed by atoms with Crippen molar-refractivity contribution in [2.24, 2.45) is 0 Å². The van der Waals surface area contributed by atoms with Crippen LogP contribution in [0, 0.1) is 0 Å². The fraction of sp³-hybridized carbons (Fsp3) is 0.333. The van der Waals surface area contributed by atoms with E-state index in [0.717, 1.165) is 43.0 Å². The lowest BCUT2D eigenvalue weighted by Gasteiger charge is -2.34. The van der Waals surface area contributed by atoms with Gasteiger partial charge in [0.2, 0.25) is 5.75 Å². The summed E-state index contributed by atoms with van der Waals surface area (Å²) in [7, 11) is 7.02. The second-order valence-electron chi connectivity index (χ2n) is 7.58. The molecular weight excluding hydrogens is 378 g/mol. The van der Waals surface area contributed by atoms with Crippen LogP contribution in [0.2, 0.25) is 0 Å². The number of rotatable bonds is 6. The van der Waals surface area contributed by atoms with Crippen LogP contribution < -0.4 is 19.1 Å². The maximum atomic E-state index is 5.50. The molecule has 30 heavy (non-hydrogen) atoms. The fourth-order valence-corrected chi connectivity index (χ4v) is 4.01. The predicted molar refractivity (Wildman–Crippen MR) is 122 cm³/mol. The van der Waals surface area contributed by atoms with E-state index in [9.17, 15) is 0 Å². The van der Waals surface area contributed by atoms with Crippen LogP contribution in [0.5, 0.6) is 17.2 Å². The first-order valence-electron chi connectivity index (χ1n) is 10.1. The molecule has 0 aliphatic carbocycles. The number of aromatic nitrogens is 1. The summed E-state index contributed by atoms with van der Waals surface area (Å²) < 4.78 is 18.5. The van der Waals surface area contributed by atoms with Crippen molar-refractivity contribution in [3.63, 3.8) is 0 Å². The van der Waals surface area contributed by atoms with Crippen LogP contribution in [-0.4, -0.2) is 64.0 Å². The minimum atomic E-state index is 0.575. The number of likely N-dealkylation sites (N-methyl/N-ethyl adjacent to an activating group) is 1. The van der Waals surface area contributed by atoms with Gasteiger partial charge in [-0.15, -0.1) is 0 Å². The van der Waals surface area contributed by atoms with E-state index in [0.29, 0.717) is 17.2 Å². The number of methoxy groups -OCH3 is 3. The van der Waals surface area contributed by atoms with E-state index in [2.05, 4.69) is 58.5 Å². The van der Waals surface area contributed by atoms with Crippen molar-refractivity contribution in [2.75, 3.05) is 59.5 Å². The van der Waals surface area contributed by atoms with Crippen molar-refractivity contribution in [3.8, 4) is 17.2 Å². The Morgan fingerprint density at radius 3 is 2.13 bits per heavy atom. The highest BCUT2D eigenvalue weighted by atomic mass is 16.5. The minimum absolute atomic E-state index is 0.575. The van der Waals surface area contributed by atoms with Crippen LogP contribution >= 0.6 is 0 Å². The van der Waals surface area contributed by atoms with Crippen LogP contribution in [0.3, 0.4) is 0 Å². The molecule has 2 aromatic carbocycles. The van der Waals surface area contributed by atoms with Gasteiger partial charge in [-0.2, -0.15) is 0 Å². The molecule has 1 saturated heterocycles. The Bertz CT molecular complexity index is 1040. The number of anilines is 1. The topological polar surface area (TPSA) is 39.1 Å². The van der Waals surface area contributed by atoms with Crippen molar-refractivity contribution >= 4 is 22.3 Å². The Balaban J connectivity index is 1.67. The van der Waals surface area contributed by atoms with Gasteiger partial charge in [0.25, 0.3) is 0 Å². The third-order valence-electron chi connectivity index (χ3n) is 5.83. The largest absolute Gasteiger partial charge is 0.493 e. The molecule has 1 aliphatic rings. The van der Waals surface area contributed by atoms with Gasteiger partial charge >= 0.3 is 0 Å². The molecule has 2 heterocycles. The number of piperazine rings is 1. The third-order valence-corrected chi connectivity index (χ3v) is 5.83. The van der Waals surface area contributed by atoms with Gasteiger partial charge in [-0.1, -0.05) is 6.58 Å². The molecule has 4 rings (SSSR count). The molecular formula is C24H29N3O3. The Morgan fingerprint density at radius 1 is 0.867 bits per heavy atom. The van der Waals surface area contributed by atoms with E-state index in [1.54, 1.807) is 21.3 Å². The highest BCUT2D eigenvalue weighted by Gasteiger charge is 2.17. The molecule has 0 saturated carbocycles. The molecule has 3 aromatic rings. The first-order valence-corrected chi connectivity index (χ1v) is 10.1. The van der Waals surface area contributed by atoms with Crippen molar-refractivity contribution in [1.82, 2.24) is 9.47 Å². The number of hydrogen-bond acceptors (Lipinski definition) is 5. The van der Waals surface area contributed by atoms with E-state index in [1.807, 2.05) is 12.1 Å². The molecule has 0 bridgehead atoms. The summed E-state index contributed by atoms with van der Waals surface area (Å²) in [4.78, 5) is 4.82. The first kappa shape index (κ1) is 20.2. The normalized spacial score (nSPS) is 14.7. The second-order valence-corrected chi connectivity index (χ2v) is 7.58. The molecule has 0 spiro atoms. The molecule has 0 amide bonds. The lowest BCUT2D eigenvalue weighted by Crippen LogP contribution is -2.44. The van der Waals surface area contributed by atoms with Crippen molar-refractivity contribution in [1.29, 1.82) is 0 Å². The zero-order chi connectivity index (χ0) is 21.3. The van der Waals surface area contributed by atoms with Crippen LogP contribution in [0.4, 0.5) is 5.69 Å². The van der Waals surface area contributed by atoms with Gasteiger partial charge in [-0.25, -0.2) is 0 Å². The molecule has 1 aromatic heterocycles. The van der Waals surface area contributed by atoms with Crippen molar-refractivity contribution < 1.29 is 14.2 Å². The number of hydrogen-bond donors (Lipinski definition) is 0. The van der Waals surface area contributed by atoms with Gasteiger partial charge in [0.05, 0.1) is 26.8 Å². The number of fused-ring (bicyclic) bond motifs is 1. The van der Waals surface area contributed by atoms with E-state index >= 15 is 0 Å². The smallest absolute Gasteiger partial charge is 0.203 e. The van der Waals surface area contributed by atoms with Crippen molar-refractivity contribution in [2.45, 2.75) is 0 Å². The maximum absolute atomic E-state index is 5.50. The van der Waals surface area contributed by atoms with Crippen molar-refractivity contribution in [3.05, 3.63) is 54.7 Å². The average Bonchev–Trinajstić information content (AvgIpc) is 3.21. The van der Waals surface area contributed by atoms with E-state index in [1.165, 1.54) is 11.1 Å². The Labute approximate surface area is 177 Å². The lowest BCUT2D eigenvalue weighted by atomic mass is 10.1. The van der Waals surface area contributed by atoms with Gasteiger partial charge in [-0.05, 0) is 43.4 Å². The molecule has 0 N–H and O–H groups in total. The van der Waals surface area contributed by atoms with Gasteiger partial charge in [0.15, 0.2) is 11.5 Å². The summed E-state index contributed by atoms with van der Waals surface area (Å²) in [5.41, 5.74) is 4.14. The standard InChI is InChI=1S/C24H29N3O3/c1-17(19-15-22(28-3)24(30-5)23(16-19)29-4)27-9-8-18-14-20(6-7-21(18)27)26-12-10-25(2)11-13-26/h6-9,14-16H,1,10-13H2,2-5H3. The summed E-state index contributed by atoms with van der Waals surface area (Å²) in [5.74, 6) is 1.80. The molecule has 158 valence electrons. The number of benzene rings is 2. The van der Waals surface area contributed by atoms with Gasteiger partial charge in [0, 0.05) is 54.7 Å². The second kappa shape index (κ2) is 8.32. The molecule has 1 aliphatic heterocycles. The number of nitrogens with zero attached hydrogens (tertiary/aromatic N) is 3. The van der Waals surface area contributed by atoms with E-state index < -0.39 is 0 Å². The monoisotopic (exact) mass is 407 g/mol. The Kier molecular flexibility index (Phi) is 5.59. The predicted octanol–water partition coefficient (Wildman–Crippen LogP) is 3.94. The minimum Gasteiger partial charge on any atom is -0.493 e. The summed E-state index contributed by atoms with van der Waals surface area (Å²) in [6, 6.07) is 12.6. The van der Waals surface area contributed by atoms with E-state index in [4.69, 9.17) is 14.2 Å². The average molecular weight is 408 g/mol. The van der Waals surface area contributed by atoms with Crippen LogP contribution in [-0.2, 0) is 0 Å². The van der Waals surface area contributed by atoms with Crippen LogP contribution in [0.15, 0.2) is 49.2 Å². The Morgan fingerprint density at radius 2 is 1.53 bits per heavy atom. The number of ether oxygens (including phenoxy) is 3. The lowest BCUT2D eigenvalue weighted by molar-refractivity contribution is 0.313. The van der Waals surface area contributed by atoms with E-state index in [-0.39, 0.29) is 0 Å². The highest BCUT2D eigenvalue weighted by Crippen LogP contribution is 2.40. The van der Waals surface area contributed by atoms with Gasteiger partial charge in [-0.3, -0.25) is 0 Å². The zero-order valence-corrected chi connectivity index (χ0v) is 18.1. The highest BCUT2D eigenvalue weighted by molar-refractivity contribution is 5.88. The summed E-state index contributed by atoms with van der Waals surface area (Å²) in [5, 5.41) is 1.19. The summed E-state index contributed by atoms with van der Waals surface area (Å²) in [6.45, 7) is 8.64. The van der Waals surface area contributed by atoms with Crippen LogP contribution in [0.1, 0.15) is 5.56 Å². The summed E-state index contributed by atoms with van der Waals surface area (Å²) >= 11 is 0. The molecule has 0 unspecified atom stereocenters. The third kappa shape index (κ3) is 3.59. The molecule has 1 fully saturated rings. The summed E-state index contributed by atoms with van der Waals surface area (Å²) in [6.07, 6.45) is 2.06. The van der Waals surface area contributed by atoms with Gasteiger partial charge in [0.1, 0.15) is 0 Å². The molecule has 0 atom stereocenters. The Hall–Kier alpha value is -3.12.